The maximum Gasteiger partial charge on any atom is 0.253 e. The van der Waals surface area contributed by atoms with Crippen LogP contribution in [0.2, 0.25) is 0 Å². The van der Waals surface area contributed by atoms with Crippen LogP contribution in [0.3, 0.4) is 0 Å². The molecule has 2 amide bonds. The van der Waals surface area contributed by atoms with Crippen LogP contribution in [0.1, 0.15) is 28.8 Å². The van der Waals surface area contributed by atoms with Gasteiger partial charge in [0.05, 0.1) is 5.92 Å². The SMILES string of the molecule is O=C(c1ccc(F)cc1)N1CCC[C@@H](C(=O)N2CCN(Cc3ccccc3)CC2)C1. The number of hydrogen-bond donors (Lipinski definition) is 0. The van der Waals surface area contributed by atoms with Gasteiger partial charge < -0.3 is 9.80 Å². The van der Waals surface area contributed by atoms with Crippen molar-refractivity contribution in [2.45, 2.75) is 19.4 Å². The lowest BCUT2D eigenvalue weighted by atomic mass is 9.95. The highest BCUT2D eigenvalue weighted by Crippen LogP contribution is 2.22. The molecule has 6 heteroatoms. The summed E-state index contributed by atoms with van der Waals surface area (Å²) >= 11 is 0. The third-order valence-electron chi connectivity index (χ3n) is 6.08. The molecule has 2 aliphatic rings. The number of carbonyl (C=O) groups excluding carboxylic acids is 2. The topological polar surface area (TPSA) is 43.9 Å². The molecule has 0 aliphatic carbocycles. The summed E-state index contributed by atoms with van der Waals surface area (Å²) < 4.78 is 13.1. The van der Waals surface area contributed by atoms with Gasteiger partial charge in [-0.25, -0.2) is 4.39 Å². The number of rotatable bonds is 4. The number of piperazine rings is 1. The minimum Gasteiger partial charge on any atom is -0.340 e. The first-order chi connectivity index (χ1) is 14.6. The van der Waals surface area contributed by atoms with E-state index in [1.54, 1.807) is 4.90 Å². The molecular weight excluding hydrogens is 381 g/mol. The standard InChI is InChI=1S/C24H28FN3O2/c25-22-10-8-20(9-11-22)23(29)28-12-4-7-21(18-28)24(30)27-15-13-26(14-16-27)17-19-5-2-1-3-6-19/h1-3,5-6,8-11,21H,4,7,12-18H2/t21-/m1/s1. The van der Waals surface area contributed by atoms with Crippen molar-refractivity contribution in [3.63, 3.8) is 0 Å². The van der Waals surface area contributed by atoms with E-state index < -0.39 is 0 Å². The third-order valence-corrected chi connectivity index (χ3v) is 6.08. The highest BCUT2D eigenvalue weighted by atomic mass is 19.1. The van der Waals surface area contributed by atoms with Crippen LogP contribution in [-0.2, 0) is 11.3 Å². The van der Waals surface area contributed by atoms with Crippen molar-refractivity contribution >= 4 is 11.8 Å². The summed E-state index contributed by atoms with van der Waals surface area (Å²) in [5.41, 5.74) is 1.76. The Kier molecular flexibility index (Phi) is 6.43. The number of benzene rings is 2. The van der Waals surface area contributed by atoms with Crippen molar-refractivity contribution in [1.29, 1.82) is 0 Å². The van der Waals surface area contributed by atoms with E-state index >= 15 is 0 Å². The predicted octanol–water partition coefficient (Wildman–Crippen LogP) is 3.02. The molecule has 0 saturated carbocycles. The molecule has 2 aromatic rings. The van der Waals surface area contributed by atoms with Crippen LogP contribution in [0.25, 0.3) is 0 Å². The van der Waals surface area contributed by atoms with Crippen LogP contribution in [-0.4, -0.2) is 65.8 Å². The van der Waals surface area contributed by atoms with Crippen LogP contribution >= 0.6 is 0 Å². The van der Waals surface area contributed by atoms with Gasteiger partial charge in [0.25, 0.3) is 5.91 Å². The van der Waals surface area contributed by atoms with Crippen LogP contribution in [0.4, 0.5) is 4.39 Å². The highest BCUT2D eigenvalue weighted by Gasteiger charge is 2.32. The summed E-state index contributed by atoms with van der Waals surface area (Å²) in [5.74, 6) is -0.473. The number of amides is 2. The van der Waals surface area contributed by atoms with Gasteiger partial charge >= 0.3 is 0 Å². The fourth-order valence-electron chi connectivity index (χ4n) is 4.36. The molecule has 30 heavy (non-hydrogen) atoms. The number of carbonyl (C=O) groups is 2. The summed E-state index contributed by atoms with van der Waals surface area (Å²) in [6.45, 7) is 5.19. The molecule has 0 unspecified atom stereocenters. The molecule has 2 aliphatic heterocycles. The molecule has 0 radical (unpaired) electrons. The molecule has 158 valence electrons. The van der Waals surface area contributed by atoms with Gasteiger partial charge in [0.2, 0.25) is 5.91 Å². The average Bonchev–Trinajstić information content (AvgIpc) is 2.80. The molecule has 0 aromatic heterocycles. The van der Waals surface area contributed by atoms with Crippen LogP contribution in [0, 0.1) is 11.7 Å². The van der Waals surface area contributed by atoms with E-state index in [1.807, 2.05) is 11.0 Å². The van der Waals surface area contributed by atoms with E-state index in [4.69, 9.17) is 0 Å². The first-order valence-corrected chi connectivity index (χ1v) is 10.7. The van der Waals surface area contributed by atoms with Crippen LogP contribution < -0.4 is 0 Å². The maximum absolute atomic E-state index is 13.1. The highest BCUT2D eigenvalue weighted by molar-refractivity contribution is 5.94. The molecule has 0 spiro atoms. The first kappa shape index (κ1) is 20.5. The molecule has 2 saturated heterocycles. The van der Waals surface area contributed by atoms with Crippen molar-refractivity contribution < 1.29 is 14.0 Å². The van der Waals surface area contributed by atoms with Gasteiger partial charge in [0.15, 0.2) is 0 Å². The molecular formula is C24H28FN3O2. The Bertz CT molecular complexity index is 864. The summed E-state index contributed by atoms with van der Waals surface area (Å²) in [7, 11) is 0. The van der Waals surface area contributed by atoms with E-state index in [2.05, 4.69) is 29.2 Å². The normalized spacial score (nSPS) is 20.2. The number of halogens is 1. The van der Waals surface area contributed by atoms with Gasteiger partial charge in [-0.3, -0.25) is 14.5 Å². The Balaban J connectivity index is 1.30. The molecule has 0 N–H and O–H groups in total. The number of hydrogen-bond acceptors (Lipinski definition) is 3. The smallest absolute Gasteiger partial charge is 0.253 e. The Hall–Kier alpha value is -2.73. The zero-order valence-corrected chi connectivity index (χ0v) is 17.2. The second-order valence-electron chi connectivity index (χ2n) is 8.18. The lowest BCUT2D eigenvalue weighted by molar-refractivity contribution is -0.138. The minimum absolute atomic E-state index is 0.125. The Morgan fingerprint density at radius 2 is 1.57 bits per heavy atom. The van der Waals surface area contributed by atoms with Crippen LogP contribution in [0.15, 0.2) is 54.6 Å². The summed E-state index contributed by atoms with van der Waals surface area (Å²) in [6, 6.07) is 16.0. The number of likely N-dealkylation sites (tertiary alicyclic amines) is 1. The quantitative estimate of drug-likeness (QED) is 0.780. The lowest BCUT2D eigenvalue weighted by Crippen LogP contribution is -2.52. The Morgan fingerprint density at radius 3 is 2.27 bits per heavy atom. The van der Waals surface area contributed by atoms with Crippen molar-refractivity contribution in [2.75, 3.05) is 39.3 Å². The van der Waals surface area contributed by atoms with Crippen molar-refractivity contribution in [3.8, 4) is 0 Å². The zero-order chi connectivity index (χ0) is 20.9. The van der Waals surface area contributed by atoms with Gasteiger partial charge in [0.1, 0.15) is 5.82 Å². The molecule has 4 rings (SSSR count). The number of nitrogens with zero attached hydrogens (tertiary/aromatic N) is 3. The van der Waals surface area contributed by atoms with Gasteiger partial charge in [-0.15, -0.1) is 0 Å². The first-order valence-electron chi connectivity index (χ1n) is 10.7. The summed E-state index contributed by atoms with van der Waals surface area (Å²) in [5, 5.41) is 0. The molecule has 2 fully saturated rings. The fourth-order valence-corrected chi connectivity index (χ4v) is 4.36. The second-order valence-corrected chi connectivity index (χ2v) is 8.18. The largest absolute Gasteiger partial charge is 0.340 e. The monoisotopic (exact) mass is 409 g/mol. The zero-order valence-electron chi connectivity index (χ0n) is 17.2. The molecule has 5 nitrogen and oxygen atoms in total. The average molecular weight is 410 g/mol. The van der Waals surface area contributed by atoms with Gasteiger partial charge in [-0.2, -0.15) is 0 Å². The van der Waals surface area contributed by atoms with E-state index in [1.165, 1.54) is 29.8 Å². The predicted molar refractivity (Wildman–Crippen MR) is 113 cm³/mol. The number of piperidine rings is 1. The fraction of sp³-hybridized carbons (Fsp3) is 0.417. The van der Waals surface area contributed by atoms with Crippen LogP contribution in [0.5, 0.6) is 0 Å². The Morgan fingerprint density at radius 1 is 0.867 bits per heavy atom. The van der Waals surface area contributed by atoms with Crippen molar-refractivity contribution in [3.05, 3.63) is 71.5 Å². The van der Waals surface area contributed by atoms with E-state index in [9.17, 15) is 14.0 Å². The Labute approximate surface area is 177 Å². The summed E-state index contributed by atoms with van der Waals surface area (Å²) in [4.78, 5) is 31.9. The minimum atomic E-state index is -0.357. The summed E-state index contributed by atoms with van der Waals surface area (Å²) in [6.07, 6.45) is 1.63. The third kappa shape index (κ3) is 4.87. The molecule has 0 bridgehead atoms. The molecule has 1 atom stereocenters. The maximum atomic E-state index is 13.1. The van der Waals surface area contributed by atoms with Gasteiger partial charge in [-0.1, -0.05) is 30.3 Å². The molecule has 2 heterocycles. The van der Waals surface area contributed by atoms with E-state index in [0.29, 0.717) is 18.7 Å². The molecule has 2 aromatic carbocycles. The van der Waals surface area contributed by atoms with Crippen molar-refractivity contribution in [1.82, 2.24) is 14.7 Å². The van der Waals surface area contributed by atoms with E-state index in [0.717, 1.165) is 45.6 Å². The van der Waals surface area contributed by atoms with Gasteiger partial charge in [-0.05, 0) is 42.7 Å². The van der Waals surface area contributed by atoms with Crippen molar-refractivity contribution in [2.24, 2.45) is 5.92 Å². The lowest BCUT2D eigenvalue weighted by Gasteiger charge is -2.39. The van der Waals surface area contributed by atoms with Gasteiger partial charge in [0, 0.05) is 51.4 Å². The second kappa shape index (κ2) is 9.39. The van der Waals surface area contributed by atoms with E-state index in [-0.39, 0.29) is 23.5 Å².